The molecule has 4 aromatic rings. The van der Waals surface area contributed by atoms with Gasteiger partial charge in [-0.3, -0.25) is 14.2 Å². The molecule has 1 N–H and O–H groups in total. The summed E-state index contributed by atoms with van der Waals surface area (Å²) in [6.45, 7) is 10.5. The molecular weight excluding hydrogens is 412 g/mol. The maximum Gasteiger partial charge on any atom is 0.255 e. The molecule has 0 aliphatic heterocycles. The first-order valence-electron chi connectivity index (χ1n) is 11.3. The fraction of sp³-hybridized carbons (Fsp3) is 0.296. The predicted molar refractivity (Wildman–Crippen MR) is 133 cm³/mol. The second-order valence-electron chi connectivity index (χ2n) is 8.60. The van der Waals surface area contributed by atoms with E-state index in [0.717, 1.165) is 44.8 Å². The zero-order chi connectivity index (χ0) is 23.7. The van der Waals surface area contributed by atoms with E-state index in [4.69, 9.17) is 5.10 Å². The van der Waals surface area contributed by atoms with E-state index in [1.807, 2.05) is 81.8 Å². The Morgan fingerprint density at radius 3 is 2.39 bits per heavy atom. The molecule has 4 rings (SSSR count). The smallest absolute Gasteiger partial charge is 0.255 e. The van der Waals surface area contributed by atoms with Gasteiger partial charge in [0.05, 0.1) is 11.4 Å². The third kappa shape index (κ3) is 4.33. The molecule has 0 aliphatic rings. The molecule has 6 nitrogen and oxygen atoms in total. The van der Waals surface area contributed by atoms with E-state index in [1.54, 1.807) is 4.57 Å². The summed E-state index contributed by atoms with van der Waals surface area (Å²) in [5, 5.41) is 8.69. The summed E-state index contributed by atoms with van der Waals surface area (Å²) in [6.07, 6.45) is 0.623. The minimum absolute atomic E-state index is 0.0561. The Bertz CT molecular complexity index is 1390. The Morgan fingerprint density at radius 1 is 1.00 bits per heavy atom. The van der Waals surface area contributed by atoms with Crippen molar-refractivity contribution in [1.29, 1.82) is 0 Å². The van der Waals surface area contributed by atoms with Gasteiger partial charge in [0.1, 0.15) is 5.65 Å². The Balaban J connectivity index is 1.71. The zero-order valence-corrected chi connectivity index (χ0v) is 19.9. The van der Waals surface area contributed by atoms with Crippen molar-refractivity contribution >= 4 is 22.6 Å². The Labute approximate surface area is 193 Å². The number of fused-ring (bicyclic) bond motifs is 1. The van der Waals surface area contributed by atoms with Gasteiger partial charge in [-0.25, -0.2) is 4.68 Å². The lowest BCUT2D eigenvalue weighted by Crippen LogP contribution is -2.27. The number of carbonyl (C=O) groups is 1. The van der Waals surface area contributed by atoms with Crippen LogP contribution < -0.4 is 10.9 Å². The number of amides is 1. The molecule has 0 unspecified atom stereocenters. The molecule has 0 fully saturated rings. The maximum absolute atomic E-state index is 13.5. The van der Waals surface area contributed by atoms with E-state index >= 15 is 0 Å². The summed E-state index contributed by atoms with van der Waals surface area (Å²) in [6, 6.07) is 15.8. The average molecular weight is 443 g/mol. The van der Waals surface area contributed by atoms with Gasteiger partial charge >= 0.3 is 0 Å². The molecule has 0 saturated carbocycles. The number of aromatic nitrogens is 3. The van der Waals surface area contributed by atoms with Crippen LogP contribution in [0.15, 0.2) is 53.3 Å². The van der Waals surface area contributed by atoms with Crippen LogP contribution in [0, 0.1) is 27.7 Å². The van der Waals surface area contributed by atoms with E-state index in [-0.39, 0.29) is 17.9 Å². The van der Waals surface area contributed by atoms with Crippen molar-refractivity contribution in [2.24, 2.45) is 0 Å². The number of rotatable bonds is 6. The van der Waals surface area contributed by atoms with Crippen molar-refractivity contribution in [3.63, 3.8) is 0 Å². The first-order valence-corrected chi connectivity index (χ1v) is 11.3. The number of carbonyl (C=O) groups excluding carboxylic acids is 1. The highest BCUT2D eigenvalue weighted by Gasteiger charge is 2.21. The molecule has 2 heterocycles. The summed E-state index contributed by atoms with van der Waals surface area (Å²) in [4.78, 5) is 26.1. The Morgan fingerprint density at radius 2 is 1.73 bits per heavy atom. The number of aryl methyl sites for hydroxylation is 5. The van der Waals surface area contributed by atoms with Crippen molar-refractivity contribution in [3.05, 3.63) is 86.8 Å². The lowest BCUT2D eigenvalue weighted by molar-refractivity contribution is -0.116. The monoisotopic (exact) mass is 442 g/mol. The Kier molecular flexibility index (Phi) is 6.18. The van der Waals surface area contributed by atoms with Crippen molar-refractivity contribution in [2.45, 2.75) is 54.0 Å². The van der Waals surface area contributed by atoms with Crippen LogP contribution in [-0.2, 0) is 17.8 Å². The second-order valence-corrected chi connectivity index (χ2v) is 8.60. The summed E-state index contributed by atoms with van der Waals surface area (Å²) < 4.78 is 3.64. The zero-order valence-electron chi connectivity index (χ0n) is 19.9. The van der Waals surface area contributed by atoms with Crippen LogP contribution in [0.5, 0.6) is 0 Å². The summed E-state index contributed by atoms with van der Waals surface area (Å²) >= 11 is 0. The molecule has 0 saturated heterocycles. The molecule has 0 radical (unpaired) electrons. The van der Waals surface area contributed by atoms with Gasteiger partial charge in [-0.1, -0.05) is 29.8 Å². The minimum Gasteiger partial charge on any atom is -0.326 e. The number of hydrogen-bond donors (Lipinski definition) is 1. The number of nitrogens with zero attached hydrogens (tertiary/aromatic N) is 3. The SMILES string of the molecule is CCn1c(=O)c(CCC(=O)Nc2ccc(C)cc2)c(C)c2c(C)nn(-c3cccc(C)c3)c21. The van der Waals surface area contributed by atoms with Gasteiger partial charge in [0.25, 0.3) is 5.56 Å². The summed E-state index contributed by atoms with van der Waals surface area (Å²) in [5.74, 6) is -0.104. The van der Waals surface area contributed by atoms with Gasteiger partial charge < -0.3 is 5.32 Å². The lowest BCUT2D eigenvalue weighted by atomic mass is 10.0. The van der Waals surface area contributed by atoms with Gasteiger partial charge in [0, 0.05) is 29.6 Å². The van der Waals surface area contributed by atoms with Gasteiger partial charge in [0.15, 0.2) is 0 Å². The molecule has 0 spiro atoms. The van der Waals surface area contributed by atoms with E-state index < -0.39 is 0 Å². The van der Waals surface area contributed by atoms with Crippen LogP contribution in [0.25, 0.3) is 16.7 Å². The van der Waals surface area contributed by atoms with E-state index in [1.165, 1.54) is 0 Å². The molecule has 2 aromatic carbocycles. The fourth-order valence-corrected chi connectivity index (χ4v) is 4.40. The molecule has 170 valence electrons. The number of benzene rings is 2. The Hall–Kier alpha value is -3.67. The largest absolute Gasteiger partial charge is 0.326 e. The molecule has 0 bridgehead atoms. The van der Waals surface area contributed by atoms with Gasteiger partial charge in [0.2, 0.25) is 5.91 Å². The third-order valence-electron chi connectivity index (χ3n) is 6.12. The number of hydrogen-bond acceptors (Lipinski definition) is 3. The highest BCUT2D eigenvalue weighted by molar-refractivity contribution is 5.91. The van der Waals surface area contributed by atoms with Crippen molar-refractivity contribution in [1.82, 2.24) is 14.3 Å². The first kappa shape index (κ1) is 22.5. The summed E-state index contributed by atoms with van der Waals surface area (Å²) in [7, 11) is 0. The number of pyridine rings is 1. The van der Waals surface area contributed by atoms with Crippen LogP contribution in [-0.4, -0.2) is 20.3 Å². The van der Waals surface area contributed by atoms with E-state index in [0.29, 0.717) is 18.5 Å². The number of anilines is 1. The molecule has 33 heavy (non-hydrogen) atoms. The number of nitrogens with one attached hydrogen (secondary N) is 1. The quantitative estimate of drug-likeness (QED) is 0.456. The fourth-order valence-electron chi connectivity index (χ4n) is 4.40. The normalized spacial score (nSPS) is 11.2. The third-order valence-corrected chi connectivity index (χ3v) is 6.12. The highest BCUT2D eigenvalue weighted by Crippen LogP contribution is 2.26. The van der Waals surface area contributed by atoms with Gasteiger partial charge in [-0.05, 0) is 76.4 Å². The van der Waals surface area contributed by atoms with Gasteiger partial charge in [-0.2, -0.15) is 5.10 Å². The predicted octanol–water partition coefficient (Wildman–Crippen LogP) is 5.01. The highest BCUT2D eigenvalue weighted by atomic mass is 16.1. The second kappa shape index (κ2) is 9.06. The van der Waals surface area contributed by atoms with Gasteiger partial charge in [-0.15, -0.1) is 0 Å². The van der Waals surface area contributed by atoms with Crippen LogP contribution in [0.4, 0.5) is 5.69 Å². The maximum atomic E-state index is 13.5. The summed E-state index contributed by atoms with van der Waals surface area (Å²) in [5.41, 5.74) is 7.16. The lowest BCUT2D eigenvalue weighted by Gasteiger charge is -2.15. The molecule has 0 aliphatic carbocycles. The first-order chi connectivity index (χ1) is 15.8. The van der Waals surface area contributed by atoms with Crippen LogP contribution in [0.1, 0.15) is 41.3 Å². The molecule has 1 amide bonds. The van der Waals surface area contributed by atoms with Crippen molar-refractivity contribution in [2.75, 3.05) is 5.32 Å². The minimum atomic E-state index is -0.104. The molecule has 6 heteroatoms. The molecule has 0 atom stereocenters. The van der Waals surface area contributed by atoms with Crippen LogP contribution in [0.3, 0.4) is 0 Å². The topological polar surface area (TPSA) is 68.9 Å². The van der Waals surface area contributed by atoms with E-state index in [2.05, 4.69) is 11.4 Å². The molecule has 2 aromatic heterocycles. The van der Waals surface area contributed by atoms with Crippen molar-refractivity contribution in [3.8, 4) is 5.69 Å². The van der Waals surface area contributed by atoms with Crippen LogP contribution >= 0.6 is 0 Å². The molecular formula is C27H30N4O2. The standard InChI is InChI=1S/C27H30N4O2/c1-6-30-26-25(20(5)29-31(26)22-9-7-8-18(3)16-22)19(4)23(27(30)33)14-15-24(32)28-21-12-10-17(2)11-13-21/h7-13,16H,6,14-15H2,1-5H3,(H,28,32). The van der Waals surface area contributed by atoms with Crippen LogP contribution in [0.2, 0.25) is 0 Å². The van der Waals surface area contributed by atoms with Crippen molar-refractivity contribution < 1.29 is 4.79 Å². The van der Waals surface area contributed by atoms with E-state index in [9.17, 15) is 9.59 Å². The average Bonchev–Trinajstić information content (AvgIpc) is 3.13.